The van der Waals surface area contributed by atoms with Crippen LogP contribution in [0.5, 0.6) is 0 Å². The van der Waals surface area contributed by atoms with Gasteiger partial charge in [-0.3, -0.25) is 0 Å². The normalized spacial score (nSPS) is 19.5. The van der Waals surface area contributed by atoms with E-state index in [9.17, 15) is 0 Å². The van der Waals surface area contributed by atoms with E-state index in [0.717, 1.165) is 6.42 Å². The quantitative estimate of drug-likeness (QED) is 0.617. The van der Waals surface area contributed by atoms with Crippen molar-refractivity contribution in [3.63, 3.8) is 0 Å². The predicted octanol–water partition coefficient (Wildman–Crippen LogP) is 6.08. The molecule has 21 heavy (non-hydrogen) atoms. The molecule has 0 heteroatoms. The minimum atomic E-state index is 0.239. The average molecular weight is 282 g/mol. The van der Waals surface area contributed by atoms with Crippen LogP contribution < -0.4 is 0 Å². The minimum Gasteiger partial charge on any atom is -0.0804 e. The molecule has 0 saturated carbocycles. The van der Waals surface area contributed by atoms with E-state index < -0.39 is 0 Å². The molecule has 0 nitrogen and oxygen atoms in total. The van der Waals surface area contributed by atoms with Gasteiger partial charge in [-0.05, 0) is 46.3 Å². The zero-order chi connectivity index (χ0) is 15.7. The van der Waals surface area contributed by atoms with Crippen LogP contribution in [0.25, 0.3) is 0 Å². The lowest BCUT2D eigenvalue weighted by Gasteiger charge is -2.29. The molecule has 1 unspecified atom stereocenters. The van der Waals surface area contributed by atoms with Crippen molar-refractivity contribution in [2.45, 2.75) is 59.8 Å². The van der Waals surface area contributed by atoms with Gasteiger partial charge in [0.2, 0.25) is 0 Å². The van der Waals surface area contributed by atoms with Gasteiger partial charge in [-0.15, -0.1) is 0 Å². The van der Waals surface area contributed by atoms with Gasteiger partial charge >= 0.3 is 0 Å². The molecule has 0 heterocycles. The second-order valence-electron chi connectivity index (χ2n) is 8.47. The Morgan fingerprint density at radius 2 is 1.57 bits per heavy atom. The van der Waals surface area contributed by atoms with Gasteiger partial charge in [-0.1, -0.05) is 84.0 Å². The minimum absolute atomic E-state index is 0.239. The molecule has 0 aromatic heterocycles. The summed E-state index contributed by atoms with van der Waals surface area (Å²) in [6.07, 6.45) is 9.39. The molecule has 0 aliphatic heterocycles. The van der Waals surface area contributed by atoms with Gasteiger partial charge in [0.15, 0.2) is 0 Å². The number of benzene rings is 1. The molecule has 1 aliphatic rings. The van der Waals surface area contributed by atoms with Gasteiger partial charge in [0, 0.05) is 0 Å². The summed E-state index contributed by atoms with van der Waals surface area (Å²) in [7, 11) is 0. The third kappa shape index (κ3) is 4.33. The first kappa shape index (κ1) is 16.1. The molecule has 0 N–H and O–H groups in total. The van der Waals surface area contributed by atoms with Crippen molar-refractivity contribution in [3.05, 3.63) is 59.2 Å². The lowest BCUT2D eigenvalue weighted by atomic mass is 9.76. The Morgan fingerprint density at radius 3 is 2.00 bits per heavy atom. The van der Waals surface area contributed by atoms with E-state index in [1.165, 1.54) is 23.1 Å². The molecule has 2 rings (SSSR count). The lowest BCUT2D eigenvalue weighted by molar-refractivity contribution is 0.293. The van der Waals surface area contributed by atoms with Gasteiger partial charge in [-0.25, -0.2) is 0 Å². The summed E-state index contributed by atoms with van der Waals surface area (Å²) in [6.45, 7) is 13.8. The van der Waals surface area contributed by atoms with Gasteiger partial charge in [0.05, 0.1) is 0 Å². The third-order valence-electron chi connectivity index (χ3n) is 4.52. The molecule has 0 radical (unpaired) electrons. The smallest absolute Gasteiger partial charge is 0.00290 e. The molecular weight excluding hydrogens is 252 g/mol. The largest absolute Gasteiger partial charge is 0.0804 e. The van der Waals surface area contributed by atoms with Gasteiger partial charge in [0.25, 0.3) is 0 Å². The SMILES string of the molecule is CC(C)(C)c1ccc(CC2=CCC(C(C)(C)C)C=C2)cc1. The summed E-state index contributed by atoms with van der Waals surface area (Å²) in [5.74, 6) is 0.671. The highest BCUT2D eigenvalue weighted by Gasteiger charge is 2.22. The Bertz CT molecular complexity index is 527. The van der Waals surface area contributed by atoms with Crippen LogP contribution in [-0.2, 0) is 11.8 Å². The second kappa shape index (κ2) is 5.83. The van der Waals surface area contributed by atoms with Crippen molar-refractivity contribution in [2.75, 3.05) is 0 Å². The molecule has 1 aromatic rings. The Morgan fingerprint density at radius 1 is 0.952 bits per heavy atom. The van der Waals surface area contributed by atoms with Crippen molar-refractivity contribution in [2.24, 2.45) is 11.3 Å². The summed E-state index contributed by atoms with van der Waals surface area (Å²) in [5, 5.41) is 0. The Kier molecular flexibility index (Phi) is 4.46. The highest BCUT2D eigenvalue weighted by Crippen LogP contribution is 2.33. The molecule has 1 aromatic carbocycles. The van der Waals surface area contributed by atoms with E-state index in [1.54, 1.807) is 0 Å². The second-order valence-corrected chi connectivity index (χ2v) is 8.47. The maximum Gasteiger partial charge on any atom is -0.00290 e. The number of rotatable bonds is 2. The molecule has 0 amide bonds. The molecule has 0 spiro atoms. The standard InChI is InChI=1S/C21H30/c1-20(2,3)18-11-7-16(8-12-18)15-17-9-13-19(14-10-17)21(4,5)6/h7-13,19H,14-15H2,1-6H3. The van der Waals surface area contributed by atoms with Crippen molar-refractivity contribution in [3.8, 4) is 0 Å². The van der Waals surface area contributed by atoms with Crippen LogP contribution in [0.3, 0.4) is 0 Å². The van der Waals surface area contributed by atoms with E-state index >= 15 is 0 Å². The van der Waals surface area contributed by atoms with Crippen LogP contribution in [0.1, 0.15) is 59.1 Å². The molecular formula is C21H30. The predicted molar refractivity (Wildman–Crippen MR) is 93.6 cm³/mol. The fourth-order valence-electron chi connectivity index (χ4n) is 2.80. The summed E-state index contributed by atoms with van der Waals surface area (Å²) in [6, 6.07) is 9.12. The van der Waals surface area contributed by atoms with E-state index in [-0.39, 0.29) is 5.41 Å². The lowest BCUT2D eigenvalue weighted by Crippen LogP contribution is -2.19. The summed E-state index contributed by atoms with van der Waals surface area (Å²) < 4.78 is 0. The van der Waals surface area contributed by atoms with E-state index in [2.05, 4.69) is 84.0 Å². The molecule has 114 valence electrons. The number of hydrogen-bond donors (Lipinski definition) is 0. The molecule has 0 saturated heterocycles. The van der Waals surface area contributed by atoms with Gasteiger partial charge in [-0.2, -0.15) is 0 Å². The third-order valence-corrected chi connectivity index (χ3v) is 4.52. The van der Waals surface area contributed by atoms with Crippen LogP contribution in [0.4, 0.5) is 0 Å². The fourth-order valence-corrected chi connectivity index (χ4v) is 2.80. The number of allylic oxidation sites excluding steroid dienone is 4. The maximum absolute atomic E-state index is 2.42. The van der Waals surface area contributed by atoms with Gasteiger partial charge < -0.3 is 0 Å². The summed E-state index contributed by atoms with van der Waals surface area (Å²) in [5.41, 5.74) is 4.88. The van der Waals surface area contributed by atoms with E-state index in [1.807, 2.05) is 0 Å². The topological polar surface area (TPSA) is 0 Å². The Hall–Kier alpha value is -1.30. The fraction of sp³-hybridized carbons (Fsp3) is 0.524. The molecule has 1 aliphatic carbocycles. The van der Waals surface area contributed by atoms with Crippen LogP contribution in [0, 0.1) is 11.3 Å². The summed E-state index contributed by atoms with van der Waals surface area (Å²) in [4.78, 5) is 0. The van der Waals surface area contributed by atoms with E-state index in [4.69, 9.17) is 0 Å². The van der Waals surface area contributed by atoms with Crippen LogP contribution >= 0.6 is 0 Å². The van der Waals surface area contributed by atoms with Crippen LogP contribution in [0.2, 0.25) is 0 Å². The van der Waals surface area contributed by atoms with Gasteiger partial charge in [0.1, 0.15) is 0 Å². The summed E-state index contributed by atoms with van der Waals surface area (Å²) >= 11 is 0. The van der Waals surface area contributed by atoms with Crippen LogP contribution in [-0.4, -0.2) is 0 Å². The van der Waals surface area contributed by atoms with Crippen LogP contribution in [0.15, 0.2) is 48.1 Å². The van der Waals surface area contributed by atoms with Crippen molar-refractivity contribution in [1.82, 2.24) is 0 Å². The average Bonchev–Trinajstić information content (AvgIpc) is 2.38. The van der Waals surface area contributed by atoms with Crippen molar-refractivity contribution in [1.29, 1.82) is 0 Å². The van der Waals surface area contributed by atoms with Crippen molar-refractivity contribution >= 4 is 0 Å². The molecule has 1 atom stereocenters. The van der Waals surface area contributed by atoms with Crippen molar-refractivity contribution < 1.29 is 0 Å². The molecule has 0 bridgehead atoms. The highest BCUT2D eigenvalue weighted by molar-refractivity contribution is 5.34. The Balaban J connectivity index is 2.01. The zero-order valence-corrected chi connectivity index (χ0v) is 14.5. The maximum atomic E-state index is 2.42. The molecule has 0 fully saturated rings. The monoisotopic (exact) mass is 282 g/mol. The highest BCUT2D eigenvalue weighted by atomic mass is 14.3. The first-order valence-electron chi connectivity index (χ1n) is 8.13. The zero-order valence-electron chi connectivity index (χ0n) is 14.5. The Labute approximate surface area is 131 Å². The first-order valence-corrected chi connectivity index (χ1v) is 8.13. The number of hydrogen-bond acceptors (Lipinski definition) is 0. The first-order chi connectivity index (χ1) is 9.66. The van der Waals surface area contributed by atoms with E-state index in [0.29, 0.717) is 11.3 Å².